The number of nitrogens with zero attached hydrogens (tertiary/aromatic N) is 1. The molecular weight excluding hydrogens is 144 g/mol. The first kappa shape index (κ1) is 8.23. The fraction of sp³-hybridized carbons (Fsp3) is 0.571. The van der Waals surface area contributed by atoms with Gasteiger partial charge in [0.15, 0.2) is 5.89 Å². The summed E-state index contributed by atoms with van der Waals surface area (Å²) in [6, 6.07) is 0. The molecule has 0 saturated carbocycles. The average Bonchev–Trinajstić information content (AvgIpc) is 2.28. The largest absolute Gasteiger partial charge is 0.446 e. The number of hydrogen-bond donors (Lipinski definition) is 2. The normalized spacial score (nSPS) is 13.5. The van der Waals surface area contributed by atoms with Crippen LogP contribution in [-0.4, -0.2) is 16.6 Å². The first-order chi connectivity index (χ1) is 5.15. The molecule has 0 fully saturated rings. The van der Waals surface area contributed by atoms with Gasteiger partial charge in [-0.3, -0.25) is 0 Å². The van der Waals surface area contributed by atoms with Crippen LogP contribution in [0.5, 0.6) is 0 Å². The van der Waals surface area contributed by atoms with Crippen LogP contribution < -0.4 is 5.73 Å². The number of aryl methyl sites for hydroxylation is 2. The van der Waals surface area contributed by atoms with Crippen LogP contribution in [0.4, 0.5) is 0 Å². The molecule has 62 valence electrons. The van der Waals surface area contributed by atoms with Crippen LogP contribution in [0.25, 0.3) is 0 Å². The van der Waals surface area contributed by atoms with E-state index in [0.29, 0.717) is 17.3 Å². The zero-order valence-corrected chi connectivity index (χ0v) is 6.66. The number of aliphatic hydroxyl groups excluding tert-OH is 1. The third-order valence-electron chi connectivity index (χ3n) is 1.48. The Morgan fingerprint density at radius 2 is 2.27 bits per heavy atom. The number of aliphatic hydroxyl groups is 1. The lowest BCUT2D eigenvalue weighted by atomic mass is 10.2. The molecule has 1 heterocycles. The van der Waals surface area contributed by atoms with Crippen molar-refractivity contribution < 1.29 is 9.52 Å². The molecule has 0 amide bonds. The van der Waals surface area contributed by atoms with E-state index < -0.39 is 6.10 Å². The maximum Gasteiger partial charge on any atom is 0.191 e. The summed E-state index contributed by atoms with van der Waals surface area (Å²) in [6.45, 7) is 3.67. The first-order valence-electron chi connectivity index (χ1n) is 3.47. The molecule has 1 aromatic rings. The summed E-state index contributed by atoms with van der Waals surface area (Å²) in [5.41, 5.74) is 5.80. The summed E-state index contributed by atoms with van der Waals surface area (Å²) in [5, 5.41) is 9.28. The maximum atomic E-state index is 9.28. The van der Waals surface area contributed by atoms with Gasteiger partial charge in [-0.2, -0.15) is 0 Å². The van der Waals surface area contributed by atoms with Gasteiger partial charge in [-0.1, -0.05) is 0 Å². The fourth-order valence-corrected chi connectivity index (χ4v) is 0.966. The molecule has 0 aliphatic rings. The van der Waals surface area contributed by atoms with Crippen LogP contribution in [0.15, 0.2) is 4.42 Å². The third kappa shape index (κ3) is 1.58. The van der Waals surface area contributed by atoms with Gasteiger partial charge in [0.2, 0.25) is 0 Å². The van der Waals surface area contributed by atoms with E-state index in [4.69, 9.17) is 10.2 Å². The molecule has 1 unspecified atom stereocenters. The predicted molar refractivity (Wildman–Crippen MR) is 40.0 cm³/mol. The summed E-state index contributed by atoms with van der Waals surface area (Å²) < 4.78 is 5.11. The average molecular weight is 156 g/mol. The Kier molecular flexibility index (Phi) is 2.26. The number of aromatic nitrogens is 1. The van der Waals surface area contributed by atoms with Crippen molar-refractivity contribution in [2.24, 2.45) is 5.73 Å². The Labute approximate surface area is 65.0 Å². The highest BCUT2D eigenvalue weighted by Crippen LogP contribution is 2.15. The maximum absolute atomic E-state index is 9.28. The molecule has 3 N–H and O–H groups in total. The van der Waals surface area contributed by atoms with Crippen molar-refractivity contribution in [1.82, 2.24) is 4.98 Å². The van der Waals surface area contributed by atoms with E-state index in [1.165, 1.54) is 0 Å². The van der Waals surface area contributed by atoms with Crippen molar-refractivity contribution in [2.45, 2.75) is 20.0 Å². The highest BCUT2D eigenvalue weighted by molar-refractivity contribution is 5.10. The molecular formula is C7H12N2O2. The van der Waals surface area contributed by atoms with Gasteiger partial charge in [-0.15, -0.1) is 0 Å². The second-order valence-electron chi connectivity index (χ2n) is 2.43. The molecule has 0 aromatic carbocycles. The molecule has 0 radical (unpaired) electrons. The minimum atomic E-state index is -0.701. The summed E-state index contributed by atoms with van der Waals surface area (Å²) in [4.78, 5) is 3.98. The van der Waals surface area contributed by atoms with E-state index in [9.17, 15) is 5.11 Å². The van der Waals surface area contributed by atoms with Crippen molar-refractivity contribution >= 4 is 0 Å². The fourth-order valence-electron chi connectivity index (χ4n) is 0.966. The molecule has 0 aliphatic heterocycles. The number of nitrogens with two attached hydrogens (primary N) is 1. The highest BCUT2D eigenvalue weighted by atomic mass is 16.4. The number of hydrogen-bond acceptors (Lipinski definition) is 4. The SMILES string of the molecule is Cc1nc(C(O)CN)c(C)o1. The highest BCUT2D eigenvalue weighted by Gasteiger charge is 2.13. The van der Waals surface area contributed by atoms with E-state index in [2.05, 4.69) is 4.98 Å². The van der Waals surface area contributed by atoms with Crippen LogP contribution in [0.3, 0.4) is 0 Å². The molecule has 0 aliphatic carbocycles. The van der Waals surface area contributed by atoms with Crippen LogP contribution in [0, 0.1) is 13.8 Å². The van der Waals surface area contributed by atoms with Gasteiger partial charge < -0.3 is 15.3 Å². The van der Waals surface area contributed by atoms with Crippen molar-refractivity contribution in [2.75, 3.05) is 6.54 Å². The van der Waals surface area contributed by atoms with Crippen molar-refractivity contribution in [3.8, 4) is 0 Å². The molecule has 1 atom stereocenters. The van der Waals surface area contributed by atoms with E-state index in [0.717, 1.165) is 0 Å². The van der Waals surface area contributed by atoms with Gasteiger partial charge in [0, 0.05) is 13.5 Å². The molecule has 4 heteroatoms. The summed E-state index contributed by atoms with van der Waals surface area (Å²) in [7, 11) is 0. The Morgan fingerprint density at radius 1 is 1.64 bits per heavy atom. The lowest BCUT2D eigenvalue weighted by Gasteiger charge is -2.02. The van der Waals surface area contributed by atoms with Crippen molar-refractivity contribution in [3.63, 3.8) is 0 Å². The van der Waals surface area contributed by atoms with Crippen LogP contribution in [0.2, 0.25) is 0 Å². The van der Waals surface area contributed by atoms with Crippen LogP contribution >= 0.6 is 0 Å². The Balaban J connectivity index is 2.93. The van der Waals surface area contributed by atoms with E-state index >= 15 is 0 Å². The topological polar surface area (TPSA) is 72.3 Å². The second-order valence-corrected chi connectivity index (χ2v) is 2.43. The summed E-state index contributed by atoms with van der Waals surface area (Å²) >= 11 is 0. The van der Waals surface area contributed by atoms with E-state index in [-0.39, 0.29) is 6.54 Å². The number of oxazole rings is 1. The molecule has 1 aromatic heterocycles. The lowest BCUT2D eigenvalue weighted by molar-refractivity contribution is 0.180. The second kappa shape index (κ2) is 3.02. The minimum Gasteiger partial charge on any atom is -0.446 e. The zero-order chi connectivity index (χ0) is 8.43. The molecule has 4 nitrogen and oxygen atoms in total. The minimum absolute atomic E-state index is 0.173. The first-order valence-corrected chi connectivity index (χ1v) is 3.47. The van der Waals surface area contributed by atoms with Crippen molar-refractivity contribution in [1.29, 1.82) is 0 Å². The summed E-state index contributed by atoms with van der Waals surface area (Å²) in [6.07, 6.45) is -0.701. The molecule has 0 bridgehead atoms. The Morgan fingerprint density at radius 3 is 2.64 bits per heavy atom. The molecule has 1 rings (SSSR count). The van der Waals surface area contributed by atoms with Gasteiger partial charge in [0.1, 0.15) is 17.6 Å². The summed E-state index contributed by atoms with van der Waals surface area (Å²) in [5.74, 6) is 1.20. The van der Waals surface area contributed by atoms with Crippen LogP contribution in [-0.2, 0) is 0 Å². The van der Waals surface area contributed by atoms with Gasteiger partial charge in [0.05, 0.1) is 0 Å². The lowest BCUT2D eigenvalue weighted by Crippen LogP contribution is -2.12. The third-order valence-corrected chi connectivity index (χ3v) is 1.48. The molecule has 0 saturated heterocycles. The molecule has 11 heavy (non-hydrogen) atoms. The van der Waals surface area contributed by atoms with E-state index in [1.54, 1.807) is 13.8 Å². The van der Waals surface area contributed by atoms with Crippen LogP contribution in [0.1, 0.15) is 23.4 Å². The number of rotatable bonds is 2. The van der Waals surface area contributed by atoms with Gasteiger partial charge in [0.25, 0.3) is 0 Å². The smallest absolute Gasteiger partial charge is 0.191 e. The quantitative estimate of drug-likeness (QED) is 0.645. The zero-order valence-electron chi connectivity index (χ0n) is 6.66. The van der Waals surface area contributed by atoms with Crippen molar-refractivity contribution in [3.05, 3.63) is 17.3 Å². The Hall–Kier alpha value is -0.870. The standard InChI is InChI=1S/C7H12N2O2/c1-4-7(6(10)3-8)9-5(2)11-4/h6,10H,3,8H2,1-2H3. The van der Waals surface area contributed by atoms with Gasteiger partial charge in [-0.05, 0) is 6.92 Å². The Bertz CT molecular complexity index is 245. The van der Waals surface area contributed by atoms with Gasteiger partial charge >= 0.3 is 0 Å². The van der Waals surface area contributed by atoms with Gasteiger partial charge in [-0.25, -0.2) is 4.98 Å². The van der Waals surface area contributed by atoms with E-state index in [1.807, 2.05) is 0 Å². The predicted octanol–water partition coefficient (Wildman–Crippen LogP) is 0.284. The monoisotopic (exact) mass is 156 g/mol. The molecule has 0 spiro atoms.